The molecule has 1 atom stereocenters. The van der Waals surface area contributed by atoms with Crippen molar-refractivity contribution < 1.29 is 0 Å². The summed E-state index contributed by atoms with van der Waals surface area (Å²) in [6, 6.07) is 12.9. The van der Waals surface area contributed by atoms with Crippen molar-refractivity contribution in [3.63, 3.8) is 0 Å². The van der Waals surface area contributed by atoms with E-state index in [1.54, 1.807) is 0 Å². The Labute approximate surface area is 165 Å². The van der Waals surface area contributed by atoms with E-state index in [1.165, 1.54) is 33.6 Å². The summed E-state index contributed by atoms with van der Waals surface area (Å²) >= 11 is 3.66. The topological polar surface area (TPSA) is 30.3 Å². The van der Waals surface area contributed by atoms with Gasteiger partial charge in [0.1, 0.15) is 0 Å². The van der Waals surface area contributed by atoms with Crippen molar-refractivity contribution in [1.82, 2.24) is 0 Å². The first kappa shape index (κ1) is 19.8. The fourth-order valence-corrected chi connectivity index (χ4v) is 4.20. The SMILES string of the molecule is Cc1cccc(C)c1N1CC(CBr)N(c2c(C)cccc2C)C1=N.Cl. The van der Waals surface area contributed by atoms with E-state index in [-0.39, 0.29) is 18.4 Å². The molecule has 3 nitrogen and oxygen atoms in total. The van der Waals surface area contributed by atoms with Crippen molar-refractivity contribution in [2.24, 2.45) is 0 Å². The number of aryl methyl sites for hydroxylation is 4. The lowest BCUT2D eigenvalue weighted by Gasteiger charge is -2.28. The Morgan fingerprint density at radius 2 is 1.36 bits per heavy atom. The standard InChI is InChI=1S/C20H24BrN3.ClH/c1-13-7-5-8-14(2)18(13)23-12-17(11-21)24(20(23)22)19-15(3)9-6-10-16(19)4;/h5-10,17,22H,11-12H2,1-4H3;1H. The molecule has 0 amide bonds. The lowest BCUT2D eigenvalue weighted by Crippen LogP contribution is -2.37. The maximum atomic E-state index is 8.89. The largest absolute Gasteiger partial charge is 0.310 e. The van der Waals surface area contributed by atoms with Gasteiger partial charge in [-0.15, -0.1) is 12.4 Å². The number of benzene rings is 2. The fraction of sp³-hybridized carbons (Fsp3) is 0.350. The molecule has 1 aliphatic rings. The number of para-hydroxylation sites is 2. The Balaban J connectivity index is 0.00000225. The average molecular weight is 423 g/mol. The molecule has 134 valence electrons. The molecule has 1 N–H and O–H groups in total. The van der Waals surface area contributed by atoms with Gasteiger partial charge in [0, 0.05) is 17.6 Å². The van der Waals surface area contributed by atoms with E-state index in [9.17, 15) is 0 Å². The molecule has 0 spiro atoms. The molecule has 5 heteroatoms. The van der Waals surface area contributed by atoms with Crippen molar-refractivity contribution in [3.8, 4) is 0 Å². The van der Waals surface area contributed by atoms with Crippen LogP contribution in [0.3, 0.4) is 0 Å². The molecule has 0 radical (unpaired) electrons. The van der Waals surface area contributed by atoms with Gasteiger partial charge in [-0.1, -0.05) is 52.3 Å². The van der Waals surface area contributed by atoms with Crippen LogP contribution in [0.2, 0.25) is 0 Å². The smallest absolute Gasteiger partial charge is 0.203 e. The van der Waals surface area contributed by atoms with Gasteiger partial charge in [0.2, 0.25) is 5.96 Å². The van der Waals surface area contributed by atoms with Gasteiger partial charge in [-0.25, -0.2) is 0 Å². The molecule has 0 aliphatic carbocycles. The van der Waals surface area contributed by atoms with Gasteiger partial charge in [-0.3, -0.25) is 5.41 Å². The Bertz CT molecular complexity index is 750. The summed E-state index contributed by atoms with van der Waals surface area (Å²) in [5.41, 5.74) is 7.21. The summed E-state index contributed by atoms with van der Waals surface area (Å²) in [6.45, 7) is 9.33. The Morgan fingerprint density at radius 1 is 0.920 bits per heavy atom. The van der Waals surface area contributed by atoms with Crippen molar-refractivity contribution in [2.75, 3.05) is 21.7 Å². The van der Waals surface area contributed by atoms with Gasteiger partial charge in [-0.2, -0.15) is 0 Å². The number of nitrogens with zero attached hydrogens (tertiary/aromatic N) is 2. The van der Waals surface area contributed by atoms with E-state index in [2.05, 4.69) is 89.8 Å². The summed E-state index contributed by atoms with van der Waals surface area (Å²) in [6.07, 6.45) is 0. The molecule has 1 aliphatic heterocycles. The van der Waals surface area contributed by atoms with Crippen LogP contribution in [0.15, 0.2) is 36.4 Å². The molecular formula is C20H25BrClN3. The normalized spacial score (nSPS) is 17.0. The first-order valence-corrected chi connectivity index (χ1v) is 9.41. The number of anilines is 2. The first-order chi connectivity index (χ1) is 11.5. The third-order valence-corrected chi connectivity index (χ3v) is 5.56. The quantitative estimate of drug-likeness (QED) is 0.674. The van der Waals surface area contributed by atoms with Crippen molar-refractivity contribution in [2.45, 2.75) is 33.7 Å². The molecule has 3 rings (SSSR count). The predicted molar refractivity (Wildman–Crippen MR) is 114 cm³/mol. The summed E-state index contributed by atoms with van der Waals surface area (Å²) in [4.78, 5) is 4.34. The third kappa shape index (κ3) is 3.42. The highest BCUT2D eigenvalue weighted by Gasteiger charge is 2.37. The lowest BCUT2D eigenvalue weighted by molar-refractivity contribution is 0.804. The van der Waals surface area contributed by atoms with Gasteiger partial charge < -0.3 is 9.80 Å². The van der Waals surface area contributed by atoms with Crippen LogP contribution in [-0.4, -0.2) is 23.9 Å². The molecule has 25 heavy (non-hydrogen) atoms. The number of hydrogen-bond acceptors (Lipinski definition) is 1. The monoisotopic (exact) mass is 421 g/mol. The average Bonchev–Trinajstić information content (AvgIpc) is 2.84. The lowest BCUT2D eigenvalue weighted by atomic mass is 10.1. The molecular weight excluding hydrogens is 398 g/mol. The van der Waals surface area contributed by atoms with Crippen LogP contribution in [0.4, 0.5) is 11.4 Å². The second kappa shape index (κ2) is 7.79. The van der Waals surface area contributed by atoms with Crippen LogP contribution in [0.1, 0.15) is 22.3 Å². The molecule has 2 aromatic carbocycles. The van der Waals surface area contributed by atoms with Gasteiger partial charge in [0.15, 0.2) is 0 Å². The Hall–Kier alpha value is -1.52. The second-order valence-corrected chi connectivity index (χ2v) is 7.24. The van der Waals surface area contributed by atoms with E-state index in [4.69, 9.17) is 5.41 Å². The zero-order chi connectivity index (χ0) is 17.4. The summed E-state index contributed by atoms with van der Waals surface area (Å²) in [5, 5.41) is 9.73. The molecule has 0 bridgehead atoms. The van der Waals surface area contributed by atoms with Gasteiger partial charge in [0.25, 0.3) is 0 Å². The Kier molecular flexibility index (Phi) is 6.17. The molecule has 1 unspecified atom stereocenters. The number of guanidine groups is 1. The van der Waals surface area contributed by atoms with Gasteiger partial charge in [0.05, 0.1) is 11.7 Å². The number of nitrogens with one attached hydrogen (secondary N) is 1. The molecule has 1 saturated heterocycles. The number of alkyl halides is 1. The van der Waals surface area contributed by atoms with Crippen LogP contribution in [0.5, 0.6) is 0 Å². The van der Waals surface area contributed by atoms with Crippen LogP contribution >= 0.6 is 28.3 Å². The molecule has 1 heterocycles. The first-order valence-electron chi connectivity index (χ1n) is 8.29. The van der Waals surface area contributed by atoms with E-state index >= 15 is 0 Å². The summed E-state index contributed by atoms with van der Waals surface area (Å²) in [5.74, 6) is 0.564. The van der Waals surface area contributed by atoms with E-state index in [0.29, 0.717) is 5.96 Å². The summed E-state index contributed by atoms with van der Waals surface area (Å²) < 4.78 is 0. The number of halogens is 2. The zero-order valence-electron chi connectivity index (χ0n) is 15.1. The van der Waals surface area contributed by atoms with Gasteiger partial charge >= 0.3 is 0 Å². The molecule has 1 fully saturated rings. The third-order valence-electron chi connectivity index (χ3n) is 4.81. The minimum Gasteiger partial charge on any atom is -0.310 e. The molecule has 0 saturated carbocycles. The minimum atomic E-state index is 0. The van der Waals surface area contributed by atoms with Crippen LogP contribution in [0, 0.1) is 33.1 Å². The highest BCUT2D eigenvalue weighted by Crippen LogP contribution is 2.35. The Morgan fingerprint density at radius 3 is 1.80 bits per heavy atom. The maximum Gasteiger partial charge on any atom is 0.203 e. The van der Waals surface area contributed by atoms with E-state index < -0.39 is 0 Å². The maximum absolute atomic E-state index is 8.89. The molecule has 2 aromatic rings. The fourth-order valence-electron chi connectivity index (χ4n) is 3.70. The van der Waals surface area contributed by atoms with E-state index in [0.717, 1.165) is 11.9 Å². The summed E-state index contributed by atoms with van der Waals surface area (Å²) in [7, 11) is 0. The van der Waals surface area contributed by atoms with Gasteiger partial charge in [-0.05, 0) is 49.9 Å². The number of rotatable bonds is 3. The van der Waals surface area contributed by atoms with E-state index in [1.807, 2.05) is 0 Å². The van der Waals surface area contributed by atoms with Crippen molar-refractivity contribution in [3.05, 3.63) is 58.7 Å². The molecule has 0 aromatic heterocycles. The highest BCUT2D eigenvalue weighted by atomic mass is 79.9. The zero-order valence-corrected chi connectivity index (χ0v) is 17.5. The van der Waals surface area contributed by atoms with Crippen molar-refractivity contribution >= 4 is 45.7 Å². The van der Waals surface area contributed by atoms with Crippen LogP contribution < -0.4 is 9.80 Å². The minimum absolute atomic E-state index is 0. The predicted octanol–water partition coefficient (Wildman–Crippen LogP) is 5.37. The highest BCUT2D eigenvalue weighted by molar-refractivity contribution is 9.09. The van der Waals surface area contributed by atoms with Crippen molar-refractivity contribution in [1.29, 1.82) is 5.41 Å². The van der Waals surface area contributed by atoms with Crippen LogP contribution in [-0.2, 0) is 0 Å². The number of hydrogen-bond donors (Lipinski definition) is 1. The van der Waals surface area contributed by atoms with Crippen LogP contribution in [0.25, 0.3) is 0 Å². The second-order valence-electron chi connectivity index (χ2n) is 6.59.